The molecule has 0 saturated carbocycles. The Hall–Kier alpha value is -1.40. The summed E-state index contributed by atoms with van der Waals surface area (Å²) in [7, 11) is 1.58. The fourth-order valence-electron chi connectivity index (χ4n) is 1.24. The molecule has 1 heterocycles. The minimum atomic E-state index is -0.972. The van der Waals surface area contributed by atoms with Gasteiger partial charge in [0.25, 0.3) is 0 Å². The summed E-state index contributed by atoms with van der Waals surface area (Å²) in [6.07, 6.45) is 3.06. The highest BCUT2D eigenvalue weighted by molar-refractivity contribution is 6.47. The predicted molar refractivity (Wildman–Crippen MR) is 73.8 cm³/mol. The van der Waals surface area contributed by atoms with Gasteiger partial charge >= 0.3 is 13.5 Å². The Labute approximate surface area is 114 Å². The molecule has 19 heavy (non-hydrogen) atoms. The Morgan fingerprint density at radius 1 is 1.32 bits per heavy atom. The lowest BCUT2D eigenvalue weighted by Crippen LogP contribution is -2.49. The lowest BCUT2D eigenvalue weighted by Gasteiger charge is -2.37. The largest absolute Gasteiger partial charge is 0.465 e. The van der Waals surface area contributed by atoms with Gasteiger partial charge in [-0.05, 0) is 39.2 Å². The first kappa shape index (κ1) is 15.7. The van der Waals surface area contributed by atoms with E-state index >= 15 is 0 Å². The van der Waals surface area contributed by atoms with Crippen LogP contribution >= 0.6 is 0 Å². The van der Waals surface area contributed by atoms with E-state index < -0.39 is 17.2 Å². The van der Waals surface area contributed by atoms with Crippen LogP contribution in [0.25, 0.3) is 0 Å². The molecule has 0 unspecified atom stereocenters. The van der Waals surface area contributed by atoms with Crippen LogP contribution in [-0.2, 0) is 9.39 Å². The van der Waals surface area contributed by atoms with Gasteiger partial charge in [0, 0.05) is 12.4 Å². The summed E-state index contributed by atoms with van der Waals surface area (Å²) < 4.78 is 10.3. The summed E-state index contributed by atoms with van der Waals surface area (Å²) in [6, 6.07) is 1.67. The number of hydrogen-bond acceptors (Lipinski definition) is 5. The fraction of sp³-hybridized carbons (Fsp3) is 0.538. The van der Waals surface area contributed by atoms with E-state index in [-0.39, 0.29) is 7.48 Å². The summed E-state index contributed by atoms with van der Waals surface area (Å²) in [6.45, 7) is 7.00. The maximum Gasteiger partial charge on any atom is 0.339 e. The third kappa shape index (κ3) is 4.04. The zero-order valence-electron chi connectivity index (χ0n) is 12.1. The lowest BCUT2D eigenvalue weighted by atomic mass is 9.83. The molecule has 0 aliphatic rings. The third-order valence-electron chi connectivity index (χ3n) is 3.29. The summed E-state index contributed by atoms with van der Waals surface area (Å²) >= 11 is 0. The van der Waals surface area contributed by atoms with Crippen LogP contribution < -0.4 is 5.46 Å². The van der Waals surface area contributed by atoms with Gasteiger partial charge in [-0.15, -0.1) is 0 Å². The Balaban J connectivity index is 2.76. The van der Waals surface area contributed by atoms with E-state index in [1.54, 1.807) is 26.1 Å². The highest BCUT2D eigenvalue weighted by atomic mass is 16.5. The van der Waals surface area contributed by atoms with Crippen LogP contribution in [0.15, 0.2) is 18.5 Å². The molecule has 0 atom stereocenters. The normalized spacial score (nSPS) is 12.1. The van der Waals surface area contributed by atoms with E-state index in [1.807, 2.05) is 13.8 Å². The Morgan fingerprint density at radius 3 is 2.47 bits per heavy atom. The lowest BCUT2D eigenvalue weighted by molar-refractivity contribution is -0.0893. The van der Waals surface area contributed by atoms with Gasteiger partial charge in [0.15, 0.2) is 0 Å². The van der Waals surface area contributed by atoms with Crippen molar-refractivity contribution >= 4 is 18.9 Å². The summed E-state index contributed by atoms with van der Waals surface area (Å²) in [5.41, 5.74) is -0.556. The third-order valence-corrected chi connectivity index (χ3v) is 3.29. The first-order valence-electron chi connectivity index (χ1n) is 6.06. The first-order valence-corrected chi connectivity index (χ1v) is 6.06. The number of aliphatic hydroxyl groups is 1. The van der Waals surface area contributed by atoms with Crippen molar-refractivity contribution in [3.63, 3.8) is 0 Å². The molecular formula is C13H20BNO4. The second kappa shape index (κ2) is 5.71. The van der Waals surface area contributed by atoms with Crippen LogP contribution in [0, 0.1) is 0 Å². The first-order chi connectivity index (χ1) is 8.67. The molecule has 1 aromatic heterocycles. The van der Waals surface area contributed by atoms with Crippen molar-refractivity contribution in [1.82, 2.24) is 4.98 Å². The quantitative estimate of drug-likeness (QED) is 0.617. The van der Waals surface area contributed by atoms with Gasteiger partial charge in [-0.25, -0.2) is 4.79 Å². The number of carbonyl (C=O) groups excluding carboxylic acids is 1. The summed E-state index contributed by atoms with van der Waals surface area (Å²) in [4.78, 5) is 15.4. The van der Waals surface area contributed by atoms with Gasteiger partial charge in [-0.2, -0.15) is 0 Å². The molecule has 0 amide bonds. The number of pyridine rings is 1. The monoisotopic (exact) mass is 265 g/mol. The summed E-state index contributed by atoms with van der Waals surface area (Å²) in [5.74, 6) is -0.434. The molecule has 0 aliphatic carbocycles. The molecule has 1 rings (SSSR count). The zero-order chi connectivity index (χ0) is 14.7. The number of hydrogen-bond donors (Lipinski definition) is 1. The number of esters is 1. The van der Waals surface area contributed by atoms with Gasteiger partial charge in [-0.1, -0.05) is 0 Å². The standard InChI is InChI=1S/C13H20BNO4/c1-12(2,17)13(3,4)19-14-10-6-9(7-15-8-10)11(16)18-5/h6-8,14,17H,1-5H3. The number of ether oxygens (including phenoxy) is 1. The van der Waals surface area contributed by atoms with E-state index in [0.717, 1.165) is 5.46 Å². The SMILES string of the molecule is COC(=O)c1cncc(BOC(C)(C)C(C)(C)O)c1. The number of nitrogens with zero attached hydrogens (tertiary/aromatic N) is 1. The maximum absolute atomic E-state index is 11.4. The molecule has 104 valence electrons. The summed E-state index contributed by atoms with van der Waals surface area (Å²) in [5, 5.41) is 9.99. The van der Waals surface area contributed by atoms with E-state index in [2.05, 4.69) is 9.72 Å². The molecule has 1 aromatic rings. The molecule has 0 aliphatic heterocycles. The van der Waals surface area contributed by atoms with Crippen LogP contribution in [0.4, 0.5) is 0 Å². The molecule has 0 bridgehead atoms. The van der Waals surface area contributed by atoms with Gasteiger partial charge < -0.3 is 14.5 Å². The Kier molecular flexibility index (Phi) is 4.71. The average Bonchev–Trinajstić information content (AvgIpc) is 2.34. The predicted octanol–water partition coefficient (Wildman–Crippen LogP) is 0.411. The molecule has 0 spiro atoms. The van der Waals surface area contributed by atoms with Crippen LogP contribution in [0.3, 0.4) is 0 Å². The van der Waals surface area contributed by atoms with Crippen molar-refractivity contribution in [2.45, 2.75) is 38.9 Å². The van der Waals surface area contributed by atoms with Crippen molar-refractivity contribution in [2.75, 3.05) is 7.11 Å². The van der Waals surface area contributed by atoms with Crippen molar-refractivity contribution < 1.29 is 19.3 Å². The van der Waals surface area contributed by atoms with Gasteiger partial charge in [0.1, 0.15) is 0 Å². The molecule has 0 fully saturated rings. The minimum Gasteiger partial charge on any atom is -0.465 e. The van der Waals surface area contributed by atoms with Crippen molar-refractivity contribution in [1.29, 1.82) is 0 Å². The van der Waals surface area contributed by atoms with Crippen molar-refractivity contribution in [3.05, 3.63) is 24.0 Å². The molecule has 0 saturated heterocycles. The zero-order valence-corrected chi connectivity index (χ0v) is 12.1. The smallest absolute Gasteiger partial charge is 0.339 e. The number of methoxy groups -OCH3 is 1. The van der Waals surface area contributed by atoms with Gasteiger partial charge in [0.05, 0.1) is 23.9 Å². The molecule has 5 nitrogen and oxygen atoms in total. The second-order valence-corrected chi connectivity index (χ2v) is 5.43. The van der Waals surface area contributed by atoms with E-state index in [0.29, 0.717) is 5.56 Å². The topological polar surface area (TPSA) is 68.7 Å². The molecule has 0 aromatic carbocycles. The maximum atomic E-state index is 11.4. The molecule has 0 radical (unpaired) electrons. The van der Waals surface area contributed by atoms with Crippen molar-refractivity contribution in [3.8, 4) is 0 Å². The Bertz CT molecular complexity index is 454. The van der Waals surface area contributed by atoms with Gasteiger partial charge in [0.2, 0.25) is 0 Å². The minimum absolute atomic E-state index is 0.259. The second-order valence-electron chi connectivity index (χ2n) is 5.43. The van der Waals surface area contributed by atoms with Crippen LogP contribution in [0.1, 0.15) is 38.1 Å². The highest BCUT2D eigenvalue weighted by Gasteiger charge is 2.35. The molecular weight excluding hydrogens is 245 g/mol. The average molecular weight is 265 g/mol. The van der Waals surface area contributed by atoms with Crippen LogP contribution in [-0.4, -0.2) is 41.9 Å². The number of aromatic nitrogens is 1. The van der Waals surface area contributed by atoms with E-state index in [4.69, 9.17) is 4.65 Å². The molecule has 6 heteroatoms. The van der Waals surface area contributed by atoms with Crippen LogP contribution in [0.5, 0.6) is 0 Å². The Morgan fingerprint density at radius 2 is 1.95 bits per heavy atom. The number of rotatable bonds is 5. The fourth-order valence-corrected chi connectivity index (χ4v) is 1.24. The number of carbonyl (C=O) groups is 1. The van der Waals surface area contributed by atoms with Gasteiger partial charge in [-0.3, -0.25) is 4.98 Å². The highest BCUT2D eigenvalue weighted by Crippen LogP contribution is 2.24. The van der Waals surface area contributed by atoms with E-state index in [1.165, 1.54) is 13.3 Å². The van der Waals surface area contributed by atoms with Crippen LogP contribution in [0.2, 0.25) is 0 Å². The van der Waals surface area contributed by atoms with E-state index in [9.17, 15) is 9.90 Å². The van der Waals surface area contributed by atoms with Crippen molar-refractivity contribution in [2.24, 2.45) is 0 Å². The molecule has 1 N–H and O–H groups in total.